The number of nitrogens with zero attached hydrogens (tertiary/aromatic N) is 2. The Labute approximate surface area is 92.5 Å². The van der Waals surface area contributed by atoms with Crippen LogP contribution in [0.2, 0.25) is 0 Å². The summed E-state index contributed by atoms with van der Waals surface area (Å²) in [4.78, 5) is 10.2. The van der Waals surface area contributed by atoms with Crippen LogP contribution in [-0.2, 0) is 9.53 Å². The van der Waals surface area contributed by atoms with Gasteiger partial charge < -0.3 is 9.84 Å². The molecule has 0 amide bonds. The van der Waals surface area contributed by atoms with Crippen molar-refractivity contribution >= 4 is 5.97 Å². The zero-order valence-corrected chi connectivity index (χ0v) is 9.32. The molecule has 1 aliphatic rings. The zero-order valence-electron chi connectivity index (χ0n) is 9.32. The number of hydrogen-bond donors (Lipinski definition) is 1. The van der Waals surface area contributed by atoms with Crippen LogP contribution >= 0.6 is 0 Å². The minimum atomic E-state index is -3.00. The summed E-state index contributed by atoms with van der Waals surface area (Å²) in [6, 6.07) is 0. The van der Waals surface area contributed by atoms with Gasteiger partial charge in [-0.25, -0.2) is 23.6 Å². The Bertz CT molecular complexity index is 263. The van der Waals surface area contributed by atoms with Crippen LogP contribution in [0.3, 0.4) is 0 Å². The number of hydrazine groups is 1. The molecule has 7 heteroatoms. The average molecular weight is 238 g/mol. The molecule has 0 aliphatic carbocycles. The number of aliphatic carboxylic acids is 1. The Kier molecular flexibility index (Phi) is 4.17. The van der Waals surface area contributed by atoms with Gasteiger partial charge in [0.1, 0.15) is 12.7 Å². The summed E-state index contributed by atoms with van der Waals surface area (Å²) < 4.78 is 31.5. The largest absolute Gasteiger partial charge is 0.480 e. The molecule has 1 aliphatic heterocycles. The Morgan fingerprint density at radius 1 is 1.69 bits per heavy atom. The van der Waals surface area contributed by atoms with Gasteiger partial charge in [-0.2, -0.15) is 0 Å². The lowest BCUT2D eigenvalue weighted by Crippen LogP contribution is -2.39. The second-order valence-electron chi connectivity index (χ2n) is 3.78. The molecule has 1 rings (SSSR count). The van der Waals surface area contributed by atoms with Crippen LogP contribution in [0.1, 0.15) is 6.92 Å². The molecule has 16 heavy (non-hydrogen) atoms. The molecule has 1 atom stereocenters. The van der Waals surface area contributed by atoms with E-state index in [9.17, 15) is 13.6 Å². The van der Waals surface area contributed by atoms with Crippen molar-refractivity contribution in [3.8, 4) is 0 Å². The summed E-state index contributed by atoms with van der Waals surface area (Å²) in [5.41, 5.74) is 0. The monoisotopic (exact) mass is 238 g/mol. The number of carbonyl (C=O) groups is 1. The van der Waals surface area contributed by atoms with Crippen LogP contribution in [0.25, 0.3) is 0 Å². The molecule has 94 valence electrons. The van der Waals surface area contributed by atoms with Crippen molar-refractivity contribution in [1.82, 2.24) is 10.0 Å². The van der Waals surface area contributed by atoms with E-state index in [1.807, 2.05) is 6.92 Å². The number of carboxylic acid groups (broad SMARTS) is 1. The summed E-state index contributed by atoms with van der Waals surface area (Å²) in [5.74, 6) is -4.24. The smallest absolute Gasteiger partial charge is 0.329 e. The van der Waals surface area contributed by atoms with Crippen molar-refractivity contribution in [2.75, 3.05) is 33.3 Å². The number of alkyl halides is 2. The third-order valence-electron chi connectivity index (χ3n) is 2.59. The van der Waals surface area contributed by atoms with Gasteiger partial charge in [-0.15, -0.1) is 0 Å². The molecule has 5 nitrogen and oxygen atoms in total. The van der Waals surface area contributed by atoms with Gasteiger partial charge >= 0.3 is 5.97 Å². The first-order valence-corrected chi connectivity index (χ1v) is 5.04. The first kappa shape index (κ1) is 13.3. The van der Waals surface area contributed by atoms with Gasteiger partial charge in [0, 0.05) is 20.1 Å². The summed E-state index contributed by atoms with van der Waals surface area (Å²) in [6.07, 6.45) is -1.35. The molecule has 0 aromatic carbocycles. The van der Waals surface area contributed by atoms with Gasteiger partial charge in [-0.3, -0.25) is 0 Å². The normalized spacial score (nSPS) is 25.2. The lowest BCUT2D eigenvalue weighted by molar-refractivity contribution is -0.152. The van der Waals surface area contributed by atoms with Crippen molar-refractivity contribution in [3.05, 3.63) is 0 Å². The fraction of sp³-hybridized carbons (Fsp3) is 0.889. The van der Waals surface area contributed by atoms with E-state index in [4.69, 9.17) is 5.11 Å². The van der Waals surface area contributed by atoms with Crippen molar-refractivity contribution < 1.29 is 23.4 Å². The lowest BCUT2D eigenvalue weighted by Gasteiger charge is -2.25. The molecular formula is C9H16F2N2O3. The Morgan fingerprint density at radius 3 is 2.81 bits per heavy atom. The molecule has 0 aromatic heterocycles. The van der Waals surface area contributed by atoms with E-state index in [2.05, 4.69) is 4.74 Å². The van der Waals surface area contributed by atoms with E-state index in [0.29, 0.717) is 6.54 Å². The maximum absolute atomic E-state index is 13.4. The third-order valence-corrected chi connectivity index (χ3v) is 2.59. The van der Waals surface area contributed by atoms with Crippen molar-refractivity contribution in [3.63, 3.8) is 0 Å². The first-order valence-electron chi connectivity index (χ1n) is 5.04. The van der Waals surface area contributed by atoms with Crippen LogP contribution in [0.15, 0.2) is 0 Å². The van der Waals surface area contributed by atoms with E-state index >= 15 is 0 Å². The van der Waals surface area contributed by atoms with E-state index in [-0.39, 0.29) is 6.54 Å². The standard InChI is InChI=1S/C9H16F2N2O3/c1-3-12(2)13-4-7(9(10,11)6-13)16-5-8(14)15/h7H,3-6H2,1-2H3,(H,14,15). The highest BCUT2D eigenvalue weighted by Gasteiger charge is 2.50. The highest BCUT2D eigenvalue weighted by atomic mass is 19.3. The maximum atomic E-state index is 13.4. The average Bonchev–Trinajstić information content (AvgIpc) is 2.49. The first-order chi connectivity index (χ1) is 7.36. The predicted octanol–water partition coefficient (Wildman–Crippen LogP) is 0.274. The highest BCUT2D eigenvalue weighted by molar-refractivity contribution is 5.68. The molecule has 0 saturated carbocycles. The van der Waals surface area contributed by atoms with Crippen LogP contribution in [-0.4, -0.2) is 66.4 Å². The number of halogens is 2. The number of carboxylic acids is 1. The SMILES string of the molecule is CCN(C)N1CC(OCC(=O)O)C(F)(F)C1. The molecule has 0 aromatic rings. The van der Waals surface area contributed by atoms with Gasteiger partial charge in [-0.1, -0.05) is 6.92 Å². The van der Waals surface area contributed by atoms with E-state index < -0.39 is 31.1 Å². The molecule has 0 bridgehead atoms. The van der Waals surface area contributed by atoms with Crippen molar-refractivity contribution in [2.45, 2.75) is 19.0 Å². The van der Waals surface area contributed by atoms with Gasteiger partial charge in [0.25, 0.3) is 5.92 Å². The number of hydrogen-bond acceptors (Lipinski definition) is 4. The van der Waals surface area contributed by atoms with Crippen molar-refractivity contribution in [2.24, 2.45) is 0 Å². The van der Waals surface area contributed by atoms with Gasteiger partial charge in [-0.05, 0) is 0 Å². The second kappa shape index (κ2) is 5.03. The minimum absolute atomic E-state index is 0.0185. The van der Waals surface area contributed by atoms with E-state index in [1.54, 1.807) is 12.1 Å². The molecule has 1 fully saturated rings. The van der Waals surface area contributed by atoms with Gasteiger partial charge in [0.15, 0.2) is 0 Å². The zero-order chi connectivity index (χ0) is 12.3. The fourth-order valence-corrected chi connectivity index (χ4v) is 1.54. The molecule has 1 N–H and O–H groups in total. The number of rotatable bonds is 5. The third kappa shape index (κ3) is 3.10. The Hall–Kier alpha value is -0.790. The quantitative estimate of drug-likeness (QED) is 0.745. The van der Waals surface area contributed by atoms with Crippen LogP contribution in [0, 0.1) is 0 Å². The summed E-state index contributed by atoms with van der Waals surface area (Å²) >= 11 is 0. The van der Waals surface area contributed by atoms with Gasteiger partial charge in [0.2, 0.25) is 0 Å². The maximum Gasteiger partial charge on any atom is 0.329 e. The second-order valence-corrected chi connectivity index (χ2v) is 3.78. The predicted molar refractivity (Wildman–Crippen MR) is 52.2 cm³/mol. The lowest BCUT2D eigenvalue weighted by atomic mass is 10.2. The Morgan fingerprint density at radius 2 is 2.31 bits per heavy atom. The summed E-state index contributed by atoms with van der Waals surface area (Å²) in [6.45, 7) is 1.36. The van der Waals surface area contributed by atoms with Gasteiger partial charge in [0.05, 0.1) is 6.54 Å². The Balaban J connectivity index is 2.55. The molecular weight excluding hydrogens is 222 g/mol. The van der Waals surface area contributed by atoms with Crippen LogP contribution in [0.5, 0.6) is 0 Å². The van der Waals surface area contributed by atoms with Crippen molar-refractivity contribution in [1.29, 1.82) is 0 Å². The van der Waals surface area contributed by atoms with Crippen LogP contribution in [0.4, 0.5) is 8.78 Å². The topological polar surface area (TPSA) is 53.0 Å². The molecule has 1 saturated heterocycles. The molecule has 0 spiro atoms. The molecule has 1 heterocycles. The highest BCUT2D eigenvalue weighted by Crippen LogP contribution is 2.30. The molecule has 1 unspecified atom stereocenters. The number of ether oxygens (including phenoxy) is 1. The summed E-state index contributed by atoms with van der Waals surface area (Å²) in [7, 11) is 1.70. The van der Waals surface area contributed by atoms with E-state index in [1.165, 1.54) is 5.01 Å². The molecule has 0 radical (unpaired) electrons. The summed E-state index contributed by atoms with van der Waals surface area (Å²) in [5, 5.41) is 11.5. The fourth-order valence-electron chi connectivity index (χ4n) is 1.54. The van der Waals surface area contributed by atoms with Crippen LogP contribution < -0.4 is 0 Å². The minimum Gasteiger partial charge on any atom is -0.480 e. The van der Waals surface area contributed by atoms with E-state index in [0.717, 1.165) is 0 Å².